The Kier molecular flexibility index (Phi) is 6.94. The molecular formula is C19H25ClN4O2. The number of carbonyl (C=O) groups is 1. The summed E-state index contributed by atoms with van der Waals surface area (Å²) >= 11 is 0. The van der Waals surface area contributed by atoms with E-state index in [0.717, 1.165) is 35.8 Å². The Balaban J connectivity index is 0.00000243. The molecule has 2 aromatic rings. The Morgan fingerprint density at radius 1 is 1.15 bits per heavy atom. The minimum atomic E-state index is -0.849. The molecule has 1 fully saturated rings. The van der Waals surface area contributed by atoms with Crippen LogP contribution in [0.4, 0.5) is 0 Å². The molecule has 7 heteroatoms. The number of halogens is 1. The fraction of sp³-hybridized carbons (Fsp3) is 0.421. The monoisotopic (exact) mass is 376 g/mol. The van der Waals surface area contributed by atoms with Gasteiger partial charge in [0.1, 0.15) is 5.75 Å². The Bertz CT molecular complexity index is 713. The van der Waals surface area contributed by atoms with E-state index in [9.17, 15) is 4.79 Å². The number of aryl methyl sites for hydroxylation is 2. The summed E-state index contributed by atoms with van der Waals surface area (Å²) in [5.74, 6) is 0.620. The molecule has 26 heavy (non-hydrogen) atoms. The first-order chi connectivity index (χ1) is 12.1. The Labute approximate surface area is 160 Å². The van der Waals surface area contributed by atoms with Crippen LogP contribution in [0.2, 0.25) is 0 Å². The van der Waals surface area contributed by atoms with Crippen LogP contribution >= 0.6 is 12.4 Å². The van der Waals surface area contributed by atoms with Gasteiger partial charge in [0, 0.05) is 19.0 Å². The molecule has 2 heterocycles. The van der Waals surface area contributed by atoms with Crippen LogP contribution in [0.25, 0.3) is 0 Å². The molecule has 0 bridgehead atoms. The molecule has 1 amide bonds. The van der Waals surface area contributed by atoms with E-state index in [2.05, 4.69) is 20.6 Å². The maximum atomic E-state index is 12.9. The largest absolute Gasteiger partial charge is 0.477 e. The number of nitrogens with zero attached hydrogens (tertiary/aromatic N) is 2. The van der Waals surface area contributed by atoms with Crippen molar-refractivity contribution in [2.45, 2.75) is 38.8 Å². The van der Waals surface area contributed by atoms with Crippen LogP contribution in [0.15, 0.2) is 36.7 Å². The SMILES string of the molecule is Cc1ccc(OC2(C(=O)NCc3cnc(C)cn3)CCNCC2)cc1.Cl. The maximum absolute atomic E-state index is 12.9. The third-order valence-electron chi connectivity index (χ3n) is 4.42. The highest BCUT2D eigenvalue weighted by Crippen LogP contribution is 2.27. The molecule has 6 nitrogen and oxygen atoms in total. The van der Waals surface area contributed by atoms with Crippen LogP contribution in [0.1, 0.15) is 29.8 Å². The third kappa shape index (κ3) is 4.93. The van der Waals surface area contributed by atoms with E-state index in [1.165, 1.54) is 0 Å². The van der Waals surface area contributed by atoms with Gasteiger partial charge in [-0.25, -0.2) is 0 Å². The van der Waals surface area contributed by atoms with Crippen LogP contribution < -0.4 is 15.4 Å². The number of benzene rings is 1. The second-order valence-electron chi connectivity index (χ2n) is 6.49. The standard InChI is InChI=1S/C19H24N4O2.ClH/c1-14-3-5-17(6-4-14)25-19(7-9-20-10-8-19)18(24)23-13-16-12-21-15(2)11-22-16;/h3-6,11-12,20H,7-10,13H2,1-2H3,(H,23,24);1H. The van der Waals surface area contributed by atoms with Crippen molar-refractivity contribution in [1.82, 2.24) is 20.6 Å². The van der Waals surface area contributed by atoms with Crippen molar-refractivity contribution in [1.29, 1.82) is 0 Å². The topological polar surface area (TPSA) is 76.1 Å². The molecule has 0 spiro atoms. The average molecular weight is 377 g/mol. The molecular weight excluding hydrogens is 352 g/mol. The van der Waals surface area contributed by atoms with Gasteiger partial charge in [0.15, 0.2) is 5.60 Å². The highest BCUT2D eigenvalue weighted by molar-refractivity contribution is 5.86. The molecule has 0 aliphatic carbocycles. The summed E-state index contributed by atoms with van der Waals surface area (Å²) in [6.07, 6.45) is 4.65. The number of amides is 1. The second kappa shape index (κ2) is 8.96. The quantitative estimate of drug-likeness (QED) is 0.837. The van der Waals surface area contributed by atoms with Gasteiger partial charge in [-0.2, -0.15) is 0 Å². The minimum absolute atomic E-state index is 0. The van der Waals surface area contributed by atoms with Gasteiger partial charge >= 0.3 is 0 Å². The summed E-state index contributed by atoms with van der Waals surface area (Å²) in [5.41, 5.74) is 1.90. The lowest BCUT2D eigenvalue weighted by Gasteiger charge is -2.36. The molecule has 0 saturated carbocycles. The number of carbonyl (C=O) groups excluding carboxylic acids is 1. The normalized spacial score (nSPS) is 15.6. The molecule has 1 aliphatic heterocycles. The molecule has 1 saturated heterocycles. The summed E-state index contributed by atoms with van der Waals surface area (Å²) in [7, 11) is 0. The first-order valence-electron chi connectivity index (χ1n) is 8.60. The van der Waals surface area contributed by atoms with Crippen LogP contribution in [-0.4, -0.2) is 34.6 Å². The predicted molar refractivity (Wildman–Crippen MR) is 103 cm³/mol. The van der Waals surface area contributed by atoms with E-state index in [-0.39, 0.29) is 18.3 Å². The summed E-state index contributed by atoms with van der Waals surface area (Å²) in [5, 5.41) is 6.25. The highest BCUT2D eigenvalue weighted by atomic mass is 35.5. The van der Waals surface area contributed by atoms with Gasteiger partial charge in [0.25, 0.3) is 5.91 Å². The van der Waals surface area contributed by atoms with Gasteiger partial charge in [-0.05, 0) is 39.1 Å². The molecule has 1 aromatic heterocycles. The van der Waals surface area contributed by atoms with Crippen LogP contribution in [0.3, 0.4) is 0 Å². The number of piperidine rings is 1. The average Bonchev–Trinajstić information content (AvgIpc) is 2.64. The number of nitrogens with one attached hydrogen (secondary N) is 2. The number of hydrogen-bond donors (Lipinski definition) is 2. The van der Waals surface area contributed by atoms with Crippen LogP contribution in [0, 0.1) is 13.8 Å². The molecule has 140 valence electrons. The lowest BCUT2D eigenvalue weighted by molar-refractivity contribution is -0.139. The van der Waals surface area contributed by atoms with Crippen molar-refractivity contribution in [3.8, 4) is 5.75 Å². The molecule has 3 rings (SSSR count). The summed E-state index contributed by atoms with van der Waals surface area (Å²) in [4.78, 5) is 21.4. The van der Waals surface area contributed by atoms with Gasteiger partial charge in [-0.3, -0.25) is 14.8 Å². The molecule has 0 unspecified atom stereocenters. The van der Waals surface area contributed by atoms with Crippen molar-refractivity contribution in [3.63, 3.8) is 0 Å². The van der Waals surface area contributed by atoms with E-state index in [4.69, 9.17) is 4.74 Å². The van der Waals surface area contributed by atoms with Gasteiger partial charge < -0.3 is 15.4 Å². The number of rotatable bonds is 5. The highest BCUT2D eigenvalue weighted by Gasteiger charge is 2.42. The Morgan fingerprint density at radius 2 is 1.85 bits per heavy atom. The zero-order chi connectivity index (χ0) is 17.7. The Hall–Kier alpha value is -2.18. The summed E-state index contributed by atoms with van der Waals surface area (Å²) in [6, 6.07) is 7.81. The number of hydrogen-bond acceptors (Lipinski definition) is 5. The Morgan fingerprint density at radius 3 is 2.46 bits per heavy atom. The number of aromatic nitrogens is 2. The third-order valence-corrected chi connectivity index (χ3v) is 4.42. The molecule has 2 N–H and O–H groups in total. The zero-order valence-corrected chi connectivity index (χ0v) is 15.9. The molecule has 0 atom stereocenters. The fourth-order valence-electron chi connectivity index (χ4n) is 2.88. The van der Waals surface area contributed by atoms with Gasteiger partial charge in [-0.15, -0.1) is 12.4 Å². The molecule has 1 aliphatic rings. The van der Waals surface area contributed by atoms with Crippen molar-refractivity contribution >= 4 is 18.3 Å². The van der Waals surface area contributed by atoms with Crippen molar-refractivity contribution in [2.75, 3.05) is 13.1 Å². The molecule has 1 aromatic carbocycles. The summed E-state index contributed by atoms with van der Waals surface area (Å²) in [6.45, 7) is 5.76. The number of ether oxygens (including phenoxy) is 1. The van der Waals surface area contributed by atoms with Crippen molar-refractivity contribution in [2.24, 2.45) is 0 Å². The van der Waals surface area contributed by atoms with Crippen molar-refractivity contribution in [3.05, 3.63) is 53.6 Å². The maximum Gasteiger partial charge on any atom is 0.264 e. The van der Waals surface area contributed by atoms with Gasteiger partial charge in [0.05, 0.1) is 24.1 Å². The van der Waals surface area contributed by atoms with Crippen LogP contribution in [-0.2, 0) is 11.3 Å². The lowest BCUT2D eigenvalue weighted by Crippen LogP contribution is -2.56. The van der Waals surface area contributed by atoms with E-state index < -0.39 is 5.60 Å². The van der Waals surface area contributed by atoms with Gasteiger partial charge in [-0.1, -0.05) is 17.7 Å². The van der Waals surface area contributed by atoms with E-state index in [0.29, 0.717) is 19.4 Å². The van der Waals surface area contributed by atoms with Gasteiger partial charge in [0.2, 0.25) is 0 Å². The van der Waals surface area contributed by atoms with E-state index in [1.54, 1.807) is 12.4 Å². The van der Waals surface area contributed by atoms with E-state index in [1.807, 2.05) is 38.1 Å². The first kappa shape index (κ1) is 20.1. The van der Waals surface area contributed by atoms with Crippen LogP contribution in [0.5, 0.6) is 5.75 Å². The summed E-state index contributed by atoms with van der Waals surface area (Å²) < 4.78 is 6.18. The minimum Gasteiger partial charge on any atom is -0.477 e. The van der Waals surface area contributed by atoms with E-state index >= 15 is 0 Å². The smallest absolute Gasteiger partial charge is 0.264 e. The molecule has 0 radical (unpaired) electrons. The fourth-order valence-corrected chi connectivity index (χ4v) is 2.88. The zero-order valence-electron chi connectivity index (χ0n) is 15.1. The first-order valence-corrected chi connectivity index (χ1v) is 8.60. The second-order valence-corrected chi connectivity index (χ2v) is 6.49. The lowest BCUT2D eigenvalue weighted by atomic mass is 9.90. The predicted octanol–water partition coefficient (Wildman–Crippen LogP) is 2.33. The van der Waals surface area contributed by atoms with Crippen molar-refractivity contribution < 1.29 is 9.53 Å².